The molecule has 5 rings (SSSR count). The third-order valence-electron chi connectivity index (χ3n) is 6.74. The number of H-pyrrole nitrogens is 1. The highest BCUT2D eigenvalue weighted by Crippen LogP contribution is 2.32. The standard InChI is InChI=1S/C25H29N3O3/c1-16-10-17(2)24-21(11-16)26-18(3)20(25(24)29)14-28-8-6-27(7-9-28)13-19-4-5-22-23(12-19)31-15-30-22/h4-5,10-12H,6-9,13-15H2,1-3H3,(H,26,29)/p+2. The van der Waals surface area contributed by atoms with Gasteiger partial charge >= 0.3 is 0 Å². The first-order valence-corrected chi connectivity index (χ1v) is 11.2. The van der Waals surface area contributed by atoms with Crippen molar-refractivity contribution in [3.63, 3.8) is 0 Å². The normalized spacial score (nSPS) is 20.4. The molecule has 31 heavy (non-hydrogen) atoms. The van der Waals surface area contributed by atoms with E-state index in [0.29, 0.717) is 6.79 Å². The lowest BCUT2D eigenvalue weighted by Gasteiger charge is -2.30. The molecule has 3 N–H and O–H groups in total. The van der Waals surface area contributed by atoms with Gasteiger partial charge in [-0.05, 0) is 56.2 Å². The van der Waals surface area contributed by atoms with Crippen molar-refractivity contribution in [2.24, 2.45) is 0 Å². The second-order valence-electron chi connectivity index (χ2n) is 9.10. The van der Waals surface area contributed by atoms with Crippen molar-refractivity contribution < 1.29 is 19.3 Å². The number of fused-ring (bicyclic) bond motifs is 2. The van der Waals surface area contributed by atoms with E-state index in [1.807, 2.05) is 19.9 Å². The Morgan fingerprint density at radius 2 is 1.61 bits per heavy atom. The summed E-state index contributed by atoms with van der Waals surface area (Å²) >= 11 is 0. The van der Waals surface area contributed by atoms with Crippen molar-refractivity contribution in [1.29, 1.82) is 0 Å². The number of pyridine rings is 1. The van der Waals surface area contributed by atoms with Crippen LogP contribution in [0.4, 0.5) is 0 Å². The predicted octanol–water partition coefficient (Wildman–Crippen LogP) is 0.666. The molecule has 0 atom stereocenters. The summed E-state index contributed by atoms with van der Waals surface area (Å²) in [7, 11) is 0. The van der Waals surface area contributed by atoms with Gasteiger partial charge in [0.1, 0.15) is 39.3 Å². The third-order valence-corrected chi connectivity index (χ3v) is 6.74. The van der Waals surface area contributed by atoms with Crippen LogP contribution < -0.4 is 24.7 Å². The quantitative estimate of drug-likeness (QED) is 0.580. The number of rotatable bonds is 4. The maximum Gasteiger partial charge on any atom is 0.231 e. The minimum Gasteiger partial charge on any atom is -0.454 e. The zero-order chi connectivity index (χ0) is 21.5. The third kappa shape index (κ3) is 3.93. The zero-order valence-electron chi connectivity index (χ0n) is 18.6. The van der Waals surface area contributed by atoms with E-state index in [2.05, 4.69) is 36.2 Å². The smallest absolute Gasteiger partial charge is 0.231 e. The van der Waals surface area contributed by atoms with Gasteiger partial charge in [0.15, 0.2) is 16.9 Å². The zero-order valence-corrected chi connectivity index (χ0v) is 18.6. The first-order valence-electron chi connectivity index (χ1n) is 11.2. The van der Waals surface area contributed by atoms with Crippen molar-refractivity contribution in [2.45, 2.75) is 33.9 Å². The summed E-state index contributed by atoms with van der Waals surface area (Å²) < 4.78 is 10.9. The van der Waals surface area contributed by atoms with Gasteiger partial charge in [-0.25, -0.2) is 0 Å². The minimum absolute atomic E-state index is 0.200. The van der Waals surface area contributed by atoms with Crippen LogP contribution in [0.3, 0.4) is 0 Å². The van der Waals surface area contributed by atoms with Crippen molar-refractivity contribution in [1.82, 2.24) is 4.98 Å². The van der Waals surface area contributed by atoms with Gasteiger partial charge in [0.05, 0.1) is 11.1 Å². The van der Waals surface area contributed by atoms with Crippen LogP contribution in [-0.2, 0) is 13.1 Å². The van der Waals surface area contributed by atoms with Gasteiger partial charge in [0.2, 0.25) is 6.79 Å². The van der Waals surface area contributed by atoms with Crippen LogP contribution in [0.15, 0.2) is 35.1 Å². The van der Waals surface area contributed by atoms with E-state index in [0.717, 1.165) is 78.5 Å². The Morgan fingerprint density at radius 3 is 2.39 bits per heavy atom. The molecule has 0 radical (unpaired) electrons. The minimum atomic E-state index is 0.200. The summed E-state index contributed by atoms with van der Waals surface area (Å²) in [6.45, 7) is 12.6. The van der Waals surface area contributed by atoms with Crippen LogP contribution in [0.1, 0.15) is 27.9 Å². The molecule has 0 spiro atoms. The SMILES string of the molecule is Cc1cc(C)c2c(=O)c(C[NH+]3CC[NH+](Cc4ccc5c(c4)OCO5)CC3)c(C)[nH]c2c1. The number of benzene rings is 2. The first kappa shape index (κ1) is 20.1. The molecule has 1 fully saturated rings. The highest BCUT2D eigenvalue weighted by atomic mass is 16.7. The summed E-state index contributed by atoms with van der Waals surface area (Å²) in [4.78, 5) is 19.9. The molecular formula is C25H31N3O3+2. The highest BCUT2D eigenvalue weighted by Gasteiger charge is 2.26. The topological polar surface area (TPSA) is 60.2 Å². The average Bonchev–Trinajstić information content (AvgIpc) is 3.19. The molecule has 0 saturated carbocycles. The summed E-state index contributed by atoms with van der Waals surface area (Å²) in [6, 6.07) is 10.4. The van der Waals surface area contributed by atoms with Crippen LogP contribution in [0.5, 0.6) is 11.5 Å². The highest BCUT2D eigenvalue weighted by molar-refractivity contribution is 5.83. The molecule has 162 valence electrons. The Bertz CT molecular complexity index is 1190. The summed E-state index contributed by atoms with van der Waals surface area (Å²) in [5, 5.41) is 0.845. The molecule has 0 aliphatic carbocycles. The van der Waals surface area contributed by atoms with Crippen molar-refractivity contribution >= 4 is 10.9 Å². The molecule has 1 saturated heterocycles. The number of hydrogen-bond donors (Lipinski definition) is 3. The van der Waals surface area contributed by atoms with E-state index in [1.54, 1.807) is 4.90 Å². The first-order chi connectivity index (χ1) is 15.0. The fourth-order valence-electron chi connectivity index (χ4n) is 5.08. The molecule has 2 aliphatic rings. The Labute approximate surface area is 182 Å². The average molecular weight is 422 g/mol. The fraction of sp³-hybridized carbons (Fsp3) is 0.400. The van der Waals surface area contributed by atoms with Gasteiger partial charge < -0.3 is 24.3 Å². The molecule has 0 bridgehead atoms. The Morgan fingerprint density at radius 1 is 0.903 bits per heavy atom. The number of piperazine rings is 1. The molecular weight excluding hydrogens is 390 g/mol. The maximum absolute atomic E-state index is 13.3. The lowest BCUT2D eigenvalue weighted by molar-refractivity contribution is -1.02. The van der Waals surface area contributed by atoms with E-state index in [1.165, 1.54) is 16.0 Å². The van der Waals surface area contributed by atoms with E-state index >= 15 is 0 Å². The van der Waals surface area contributed by atoms with Crippen molar-refractivity contribution in [3.05, 3.63) is 68.5 Å². The number of aromatic nitrogens is 1. The number of aromatic amines is 1. The predicted molar refractivity (Wildman–Crippen MR) is 120 cm³/mol. The van der Waals surface area contributed by atoms with Crippen LogP contribution in [0, 0.1) is 20.8 Å². The van der Waals surface area contributed by atoms with Crippen LogP contribution in [0.2, 0.25) is 0 Å². The number of nitrogens with one attached hydrogen (secondary N) is 3. The molecule has 2 aromatic carbocycles. The molecule has 0 amide bonds. The summed E-state index contributed by atoms with van der Waals surface area (Å²) in [5.41, 5.74) is 6.63. The molecule has 1 aromatic heterocycles. The van der Waals surface area contributed by atoms with Crippen LogP contribution >= 0.6 is 0 Å². The Kier molecular flexibility index (Phi) is 5.20. The molecule has 2 aliphatic heterocycles. The van der Waals surface area contributed by atoms with Gasteiger partial charge in [0.25, 0.3) is 0 Å². The molecule has 3 heterocycles. The van der Waals surface area contributed by atoms with E-state index in [4.69, 9.17) is 9.47 Å². The van der Waals surface area contributed by atoms with Crippen molar-refractivity contribution in [3.8, 4) is 11.5 Å². The second kappa shape index (κ2) is 8.02. The number of ether oxygens (including phenoxy) is 2. The van der Waals surface area contributed by atoms with E-state index in [-0.39, 0.29) is 5.43 Å². The summed E-state index contributed by atoms with van der Waals surface area (Å²) in [6.07, 6.45) is 0. The van der Waals surface area contributed by atoms with Crippen molar-refractivity contribution in [2.75, 3.05) is 33.0 Å². The molecule has 3 aromatic rings. The second-order valence-corrected chi connectivity index (χ2v) is 9.10. The Hall–Kier alpha value is -2.83. The van der Waals surface area contributed by atoms with Crippen LogP contribution in [-0.4, -0.2) is 38.0 Å². The lowest BCUT2D eigenvalue weighted by Crippen LogP contribution is -3.27. The molecule has 6 heteroatoms. The number of hydrogen-bond acceptors (Lipinski definition) is 3. The Balaban J connectivity index is 1.26. The molecule has 6 nitrogen and oxygen atoms in total. The summed E-state index contributed by atoms with van der Waals surface area (Å²) in [5.74, 6) is 1.70. The van der Waals surface area contributed by atoms with Gasteiger partial charge in [-0.1, -0.05) is 6.07 Å². The van der Waals surface area contributed by atoms with Gasteiger partial charge in [-0.15, -0.1) is 0 Å². The van der Waals surface area contributed by atoms with Crippen LogP contribution in [0.25, 0.3) is 10.9 Å². The van der Waals surface area contributed by atoms with Gasteiger partial charge in [-0.3, -0.25) is 4.79 Å². The lowest BCUT2D eigenvalue weighted by atomic mass is 10.0. The fourth-order valence-corrected chi connectivity index (χ4v) is 5.08. The van der Waals surface area contributed by atoms with E-state index < -0.39 is 0 Å². The largest absolute Gasteiger partial charge is 0.454 e. The number of aryl methyl sites for hydroxylation is 3. The van der Waals surface area contributed by atoms with E-state index in [9.17, 15) is 4.79 Å². The van der Waals surface area contributed by atoms with Gasteiger partial charge in [0, 0.05) is 16.6 Å². The van der Waals surface area contributed by atoms with Gasteiger partial charge in [-0.2, -0.15) is 0 Å². The monoisotopic (exact) mass is 421 g/mol. The maximum atomic E-state index is 13.3. The molecule has 0 unspecified atom stereocenters. The number of quaternary nitrogens is 2.